The van der Waals surface area contributed by atoms with Crippen molar-refractivity contribution in [3.05, 3.63) is 52.5 Å². The van der Waals surface area contributed by atoms with Gasteiger partial charge in [-0.3, -0.25) is 9.59 Å². The van der Waals surface area contributed by atoms with Crippen molar-refractivity contribution in [2.75, 3.05) is 0 Å². The summed E-state index contributed by atoms with van der Waals surface area (Å²) in [7, 11) is 0. The maximum Gasteiger partial charge on any atom is 0.287 e. The van der Waals surface area contributed by atoms with E-state index >= 15 is 0 Å². The van der Waals surface area contributed by atoms with Crippen LogP contribution in [0.5, 0.6) is 5.75 Å². The summed E-state index contributed by atoms with van der Waals surface area (Å²) in [6, 6.07) is 6.35. The van der Waals surface area contributed by atoms with Gasteiger partial charge in [-0.1, -0.05) is 12.1 Å². The van der Waals surface area contributed by atoms with E-state index in [1.807, 2.05) is 6.92 Å². The number of piperidine rings is 1. The molecule has 2 aromatic rings. The number of para-hydroxylation sites is 1. The number of carbonyl (C=O) groups excluding carboxylic acids is 2. The van der Waals surface area contributed by atoms with Gasteiger partial charge in [0, 0.05) is 34.7 Å². The molecule has 8 nitrogen and oxygen atoms in total. The first-order chi connectivity index (χ1) is 16.0. The van der Waals surface area contributed by atoms with Crippen LogP contribution in [0, 0.1) is 6.92 Å². The van der Waals surface area contributed by atoms with Crippen LogP contribution in [0.2, 0.25) is 0 Å². The van der Waals surface area contributed by atoms with Gasteiger partial charge in [0.1, 0.15) is 11.5 Å². The van der Waals surface area contributed by atoms with E-state index in [0.29, 0.717) is 24.3 Å². The average molecular weight is 467 g/mol. The lowest BCUT2D eigenvalue weighted by Gasteiger charge is -2.46. The summed E-state index contributed by atoms with van der Waals surface area (Å²) in [4.78, 5) is 25.7. The smallest absolute Gasteiger partial charge is 0.287 e. The summed E-state index contributed by atoms with van der Waals surface area (Å²) >= 11 is 0. The Labute approximate surface area is 200 Å². The van der Waals surface area contributed by atoms with Crippen molar-refractivity contribution in [2.24, 2.45) is 5.10 Å². The van der Waals surface area contributed by atoms with Crippen LogP contribution in [0.3, 0.4) is 0 Å². The molecule has 1 aromatic heterocycles. The number of hydrogen-bond donors (Lipinski definition) is 4. The quantitative estimate of drug-likeness (QED) is 0.512. The number of hydrazone groups is 1. The Balaban J connectivity index is 1.53. The van der Waals surface area contributed by atoms with Gasteiger partial charge >= 0.3 is 0 Å². The van der Waals surface area contributed by atoms with Gasteiger partial charge in [-0.25, -0.2) is 5.43 Å². The Morgan fingerprint density at radius 2 is 1.76 bits per heavy atom. The number of hydrogen-bond acceptors (Lipinski definition) is 6. The molecule has 1 aliphatic heterocycles. The van der Waals surface area contributed by atoms with Crippen LogP contribution in [0.15, 0.2) is 33.8 Å². The van der Waals surface area contributed by atoms with Gasteiger partial charge in [-0.2, -0.15) is 5.10 Å². The number of benzene rings is 1. The first-order valence-corrected chi connectivity index (χ1v) is 11.8. The molecule has 0 atom stereocenters. The summed E-state index contributed by atoms with van der Waals surface area (Å²) in [5.41, 5.74) is 4.73. The number of phenolic OH excluding ortho intramolecular Hbond substituents is 1. The first-order valence-electron chi connectivity index (χ1n) is 11.8. The van der Waals surface area contributed by atoms with Crippen LogP contribution >= 0.6 is 0 Å². The summed E-state index contributed by atoms with van der Waals surface area (Å²) in [5.74, 6) is 0.208. The minimum Gasteiger partial charge on any atom is -0.507 e. The van der Waals surface area contributed by atoms with E-state index in [-0.39, 0.29) is 34.3 Å². The lowest BCUT2D eigenvalue weighted by Crippen LogP contribution is -2.62. The number of carbonyl (C=O) groups is 2. The first kappa shape index (κ1) is 24.0. The zero-order valence-corrected chi connectivity index (χ0v) is 20.5. The topological polar surface area (TPSA) is 116 Å². The van der Waals surface area contributed by atoms with E-state index < -0.39 is 5.91 Å². The fraction of sp³-hybridized carbons (Fsp3) is 0.500. The van der Waals surface area contributed by atoms with Crippen molar-refractivity contribution in [3.8, 4) is 5.75 Å². The molecule has 0 spiro atoms. The number of phenols is 1. The normalized spacial score (nSPS) is 20.6. The standard InChI is InChI=1S/C26H34N4O4/c1-15-21-18(28-29-23(32)17-9-6-7-11-19(17)31)10-8-12-20(21)34-22(15)24(33)27-16-13-25(2,3)30-26(4,5)14-16/h6-7,9,11,16,30-31H,8,10,12-14H2,1-5H3,(H,27,33)(H,29,32)/b28-18+. The maximum atomic E-state index is 13.2. The van der Waals surface area contributed by atoms with Crippen LogP contribution in [0.25, 0.3) is 0 Å². The minimum absolute atomic E-state index is 0.0336. The molecular weight excluding hydrogens is 432 g/mol. The highest BCUT2D eigenvalue weighted by molar-refractivity contribution is 6.07. The van der Waals surface area contributed by atoms with Gasteiger partial charge in [0.2, 0.25) is 0 Å². The fourth-order valence-corrected chi connectivity index (χ4v) is 5.52. The third kappa shape index (κ3) is 5.01. The Morgan fingerprint density at radius 1 is 1.09 bits per heavy atom. The molecule has 0 saturated carbocycles. The van der Waals surface area contributed by atoms with E-state index in [4.69, 9.17) is 4.42 Å². The molecule has 4 N–H and O–H groups in total. The second-order valence-corrected chi connectivity index (χ2v) is 10.7. The molecule has 1 aliphatic carbocycles. The number of furan rings is 1. The van der Waals surface area contributed by atoms with Crippen molar-refractivity contribution in [2.45, 2.75) is 83.8 Å². The SMILES string of the molecule is Cc1c(C(=O)NC2CC(C)(C)NC(C)(C)C2)oc2c1/C(=N/NC(=O)c1ccccc1O)CCC2. The highest BCUT2D eigenvalue weighted by Crippen LogP contribution is 2.32. The number of nitrogens with one attached hydrogen (secondary N) is 3. The molecule has 1 fully saturated rings. The molecule has 2 amide bonds. The largest absolute Gasteiger partial charge is 0.507 e. The van der Waals surface area contributed by atoms with Crippen LogP contribution in [0.1, 0.15) is 91.2 Å². The number of aryl methyl sites for hydroxylation is 1. The Bertz CT molecular complexity index is 1130. The number of amides is 2. The second-order valence-electron chi connectivity index (χ2n) is 10.7. The van der Waals surface area contributed by atoms with Gasteiger partial charge in [-0.15, -0.1) is 0 Å². The number of nitrogens with zero attached hydrogens (tertiary/aromatic N) is 1. The van der Waals surface area contributed by atoms with E-state index in [9.17, 15) is 14.7 Å². The van der Waals surface area contributed by atoms with E-state index in [0.717, 1.165) is 36.1 Å². The number of aromatic hydroxyl groups is 1. The lowest BCUT2D eigenvalue weighted by molar-refractivity contribution is 0.0842. The molecule has 2 aliphatic rings. The lowest BCUT2D eigenvalue weighted by atomic mass is 9.79. The van der Waals surface area contributed by atoms with Gasteiger partial charge < -0.3 is 20.2 Å². The van der Waals surface area contributed by atoms with Gasteiger partial charge in [0.25, 0.3) is 11.8 Å². The third-order valence-electron chi connectivity index (χ3n) is 6.50. The van der Waals surface area contributed by atoms with Crippen LogP contribution < -0.4 is 16.1 Å². The second kappa shape index (κ2) is 8.91. The summed E-state index contributed by atoms with van der Waals surface area (Å²) in [5, 5.41) is 21.1. The Hall–Kier alpha value is -3.13. The summed E-state index contributed by atoms with van der Waals surface area (Å²) in [6.45, 7) is 10.5. The highest BCUT2D eigenvalue weighted by Gasteiger charge is 2.39. The molecule has 0 radical (unpaired) electrons. The Morgan fingerprint density at radius 3 is 2.44 bits per heavy atom. The molecule has 2 heterocycles. The van der Waals surface area contributed by atoms with Crippen molar-refractivity contribution >= 4 is 17.5 Å². The molecule has 0 bridgehead atoms. The van der Waals surface area contributed by atoms with Crippen molar-refractivity contribution in [1.82, 2.24) is 16.1 Å². The predicted octanol–water partition coefficient (Wildman–Crippen LogP) is 3.80. The summed E-state index contributed by atoms with van der Waals surface area (Å²) in [6.07, 6.45) is 3.83. The van der Waals surface area contributed by atoms with Gasteiger partial charge in [0.05, 0.1) is 11.3 Å². The minimum atomic E-state index is -0.493. The molecule has 34 heavy (non-hydrogen) atoms. The molecule has 182 valence electrons. The maximum absolute atomic E-state index is 13.2. The van der Waals surface area contributed by atoms with Crippen LogP contribution in [0.4, 0.5) is 0 Å². The average Bonchev–Trinajstić information content (AvgIpc) is 3.07. The molecule has 1 aromatic carbocycles. The Kier molecular flexibility index (Phi) is 6.29. The van der Waals surface area contributed by atoms with Crippen molar-refractivity contribution in [1.29, 1.82) is 0 Å². The molecule has 4 rings (SSSR count). The predicted molar refractivity (Wildman–Crippen MR) is 130 cm³/mol. The molecule has 1 saturated heterocycles. The van der Waals surface area contributed by atoms with Crippen molar-refractivity contribution in [3.63, 3.8) is 0 Å². The highest BCUT2D eigenvalue weighted by atomic mass is 16.4. The summed E-state index contributed by atoms with van der Waals surface area (Å²) < 4.78 is 6.02. The van der Waals surface area contributed by atoms with Crippen molar-refractivity contribution < 1.29 is 19.1 Å². The zero-order valence-electron chi connectivity index (χ0n) is 20.5. The molecule has 8 heteroatoms. The molecular formula is C26H34N4O4. The van der Waals surface area contributed by atoms with Gasteiger partial charge in [-0.05, 0) is 72.4 Å². The van der Waals surface area contributed by atoms with Crippen LogP contribution in [-0.4, -0.2) is 39.8 Å². The third-order valence-corrected chi connectivity index (χ3v) is 6.50. The van der Waals surface area contributed by atoms with E-state index in [2.05, 4.69) is 48.9 Å². The van der Waals surface area contributed by atoms with Gasteiger partial charge in [0.15, 0.2) is 5.76 Å². The zero-order chi connectivity index (χ0) is 24.7. The molecule has 0 unspecified atom stereocenters. The monoisotopic (exact) mass is 466 g/mol. The van der Waals surface area contributed by atoms with Crippen LogP contribution in [-0.2, 0) is 6.42 Å². The number of rotatable bonds is 4. The van der Waals surface area contributed by atoms with E-state index in [1.165, 1.54) is 12.1 Å². The number of fused-ring (bicyclic) bond motifs is 1. The fourth-order valence-electron chi connectivity index (χ4n) is 5.52. The van der Waals surface area contributed by atoms with E-state index in [1.54, 1.807) is 12.1 Å².